The summed E-state index contributed by atoms with van der Waals surface area (Å²) >= 11 is 1.76. The van der Waals surface area contributed by atoms with E-state index in [0.717, 1.165) is 17.0 Å². The highest BCUT2D eigenvalue weighted by molar-refractivity contribution is 7.12. The van der Waals surface area contributed by atoms with Crippen LogP contribution in [0.3, 0.4) is 0 Å². The van der Waals surface area contributed by atoms with Gasteiger partial charge in [0.2, 0.25) is 0 Å². The molecule has 0 saturated carbocycles. The lowest BCUT2D eigenvalue weighted by atomic mass is 10.1. The first-order valence-corrected chi connectivity index (χ1v) is 9.51. The van der Waals surface area contributed by atoms with Gasteiger partial charge in [-0.05, 0) is 45.0 Å². The summed E-state index contributed by atoms with van der Waals surface area (Å²) in [5.41, 5.74) is 2.57. The molecule has 6 heteroatoms. The molecule has 2 aromatic heterocycles. The van der Waals surface area contributed by atoms with Crippen molar-refractivity contribution in [3.05, 3.63) is 57.9 Å². The second-order valence-electron chi connectivity index (χ2n) is 5.97. The first-order valence-electron chi connectivity index (χ1n) is 8.69. The van der Waals surface area contributed by atoms with Crippen molar-refractivity contribution in [2.24, 2.45) is 0 Å². The lowest BCUT2D eigenvalue weighted by molar-refractivity contribution is 0.0941. The number of amides is 1. The van der Waals surface area contributed by atoms with E-state index in [2.05, 4.69) is 30.3 Å². The van der Waals surface area contributed by atoms with Crippen LogP contribution in [-0.4, -0.2) is 28.8 Å². The van der Waals surface area contributed by atoms with Crippen LogP contribution in [0, 0.1) is 13.8 Å². The molecule has 0 aliphatic carbocycles. The van der Waals surface area contributed by atoms with E-state index in [9.17, 15) is 4.79 Å². The number of ether oxygens (including phenoxy) is 1. The molecule has 2 heterocycles. The van der Waals surface area contributed by atoms with Gasteiger partial charge < -0.3 is 10.1 Å². The quantitative estimate of drug-likeness (QED) is 0.639. The highest BCUT2D eigenvalue weighted by Crippen LogP contribution is 2.31. The number of aromatic nitrogens is 2. The Balaban J connectivity index is 1.63. The summed E-state index contributed by atoms with van der Waals surface area (Å²) in [5, 5.41) is 7.33. The maximum atomic E-state index is 12.4. The fourth-order valence-corrected chi connectivity index (χ4v) is 3.74. The average molecular weight is 369 g/mol. The highest BCUT2D eigenvalue weighted by Gasteiger charge is 2.17. The third-order valence-electron chi connectivity index (χ3n) is 4.03. The Morgan fingerprint density at radius 3 is 2.65 bits per heavy atom. The normalized spacial score (nSPS) is 10.7. The molecule has 0 saturated heterocycles. The van der Waals surface area contributed by atoms with Gasteiger partial charge in [-0.2, -0.15) is 5.10 Å². The van der Waals surface area contributed by atoms with Crippen molar-refractivity contribution in [3.63, 3.8) is 0 Å². The maximum absolute atomic E-state index is 12.4. The first-order chi connectivity index (χ1) is 12.6. The molecule has 136 valence electrons. The predicted molar refractivity (Wildman–Crippen MR) is 105 cm³/mol. The third-order valence-corrected chi connectivity index (χ3v) is 4.99. The van der Waals surface area contributed by atoms with Crippen molar-refractivity contribution in [1.29, 1.82) is 0 Å². The zero-order valence-corrected chi connectivity index (χ0v) is 16.1. The fraction of sp³-hybridized carbons (Fsp3) is 0.300. The molecule has 1 aromatic carbocycles. The Bertz CT molecular complexity index is 884. The van der Waals surface area contributed by atoms with E-state index in [0.29, 0.717) is 25.4 Å². The van der Waals surface area contributed by atoms with E-state index in [1.807, 2.05) is 48.0 Å². The van der Waals surface area contributed by atoms with Crippen LogP contribution in [0.1, 0.15) is 27.2 Å². The van der Waals surface area contributed by atoms with Gasteiger partial charge in [-0.3, -0.25) is 9.48 Å². The van der Waals surface area contributed by atoms with E-state index >= 15 is 0 Å². The van der Waals surface area contributed by atoms with Crippen molar-refractivity contribution < 1.29 is 9.53 Å². The van der Waals surface area contributed by atoms with Gasteiger partial charge in [0.05, 0.1) is 12.2 Å². The standard InChI is InChI=1S/C20H23N3O2S/c1-4-23-19(17-12-14(2)26-15(17)3)13-18(22-23)20(24)21-10-11-25-16-8-6-5-7-9-16/h5-9,12-13H,4,10-11H2,1-3H3,(H,21,24). The molecule has 1 N–H and O–H groups in total. The van der Waals surface area contributed by atoms with Gasteiger partial charge in [0.25, 0.3) is 5.91 Å². The SMILES string of the molecule is CCn1nc(C(=O)NCCOc2ccccc2)cc1-c1cc(C)sc1C. The number of carbonyl (C=O) groups is 1. The lowest BCUT2D eigenvalue weighted by Gasteiger charge is -2.06. The van der Waals surface area contributed by atoms with E-state index in [1.165, 1.54) is 9.75 Å². The Labute approximate surface area is 157 Å². The van der Waals surface area contributed by atoms with Gasteiger partial charge in [-0.1, -0.05) is 18.2 Å². The molecule has 0 atom stereocenters. The zero-order valence-electron chi connectivity index (χ0n) is 15.3. The first kappa shape index (κ1) is 18.2. The van der Waals surface area contributed by atoms with Gasteiger partial charge >= 0.3 is 0 Å². The molecule has 3 rings (SSSR count). The number of benzene rings is 1. The number of para-hydroxylation sites is 1. The maximum Gasteiger partial charge on any atom is 0.271 e. The number of nitrogens with zero attached hydrogens (tertiary/aromatic N) is 2. The minimum Gasteiger partial charge on any atom is -0.492 e. The van der Waals surface area contributed by atoms with Gasteiger partial charge in [0.15, 0.2) is 5.69 Å². The van der Waals surface area contributed by atoms with Crippen LogP contribution in [-0.2, 0) is 6.54 Å². The molecule has 0 fully saturated rings. The van der Waals surface area contributed by atoms with Gasteiger partial charge in [-0.25, -0.2) is 0 Å². The topological polar surface area (TPSA) is 56.2 Å². The number of carbonyl (C=O) groups excluding carboxylic acids is 1. The molecule has 3 aromatic rings. The summed E-state index contributed by atoms with van der Waals surface area (Å²) in [5.74, 6) is 0.613. The van der Waals surface area contributed by atoms with E-state index < -0.39 is 0 Å². The van der Waals surface area contributed by atoms with Crippen molar-refractivity contribution in [1.82, 2.24) is 15.1 Å². The summed E-state index contributed by atoms with van der Waals surface area (Å²) in [6.07, 6.45) is 0. The van der Waals surface area contributed by atoms with E-state index in [-0.39, 0.29) is 5.91 Å². The Hall–Kier alpha value is -2.60. The van der Waals surface area contributed by atoms with Crippen molar-refractivity contribution >= 4 is 17.2 Å². The summed E-state index contributed by atoms with van der Waals surface area (Å²) in [4.78, 5) is 14.9. The van der Waals surface area contributed by atoms with Crippen LogP contribution >= 0.6 is 11.3 Å². The number of hydrogen-bond acceptors (Lipinski definition) is 4. The Morgan fingerprint density at radius 1 is 1.23 bits per heavy atom. The summed E-state index contributed by atoms with van der Waals surface area (Å²) in [6.45, 7) is 7.78. The monoisotopic (exact) mass is 369 g/mol. The summed E-state index contributed by atoms with van der Waals surface area (Å²) in [6, 6.07) is 13.6. The minimum absolute atomic E-state index is 0.181. The molecular formula is C20H23N3O2S. The highest BCUT2D eigenvalue weighted by atomic mass is 32.1. The van der Waals surface area contributed by atoms with Gasteiger partial charge in [0.1, 0.15) is 12.4 Å². The Kier molecular flexibility index (Phi) is 5.73. The molecular weight excluding hydrogens is 346 g/mol. The molecule has 0 bridgehead atoms. The average Bonchev–Trinajstić information content (AvgIpc) is 3.21. The summed E-state index contributed by atoms with van der Waals surface area (Å²) in [7, 11) is 0. The second-order valence-corrected chi connectivity index (χ2v) is 7.44. The van der Waals surface area contributed by atoms with Crippen LogP contribution < -0.4 is 10.1 Å². The second kappa shape index (κ2) is 8.19. The van der Waals surface area contributed by atoms with E-state index in [1.54, 1.807) is 11.3 Å². The number of hydrogen-bond donors (Lipinski definition) is 1. The third kappa shape index (κ3) is 4.14. The lowest BCUT2D eigenvalue weighted by Crippen LogP contribution is -2.28. The fourth-order valence-electron chi connectivity index (χ4n) is 2.81. The minimum atomic E-state index is -0.181. The number of thiophene rings is 1. The van der Waals surface area contributed by atoms with Crippen LogP contribution in [0.4, 0.5) is 0 Å². The zero-order chi connectivity index (χ0) is 18.5. The van der Waals surface area contributed by atoms with Crippen LogP contribution in [0.15, 0.2) is 42.5 Å². The summed E-state index contributed by atoms with van der Waals surface area (Å²) < 4.78 is 7.47. The van der Waals surface area contributed by atoms with E-state index in [4.69, 9.17) is 4.74 Å². The van der Waals surface area contributed by atoms with Crippen LogP contribution in [0.2, 0.25) is 0 Å². The molecule has 5 nitrogen and oxygen atoms in total. The molecule has 0 spiro atoms. The largest absolute Gasteiger partial charge is 0.492 e. The van der Waals surface area contributed by atoms with Gasteiger partial charge in [-0.15, -0.1) is 11.3 Å². The number of aryl methyl sites for hydroxylation is 3. The molecule has 0 aliphatic rings. The van der Waals surface area contributed by atoms with Crippen molar-refractivity contribution in [2.75, 3.05) is 13.2 Å². The smallest absolute Gasteiger partial charge is 0.271 e. The number of nitrogens with one attached hydrogen (secondary N) is 1. The molecule has 0 aliphatic heterocycles. The number of rotatable bonds is 7. The van der Waals surface area contributed by atoms with Gasteiger partial charge in [0, 0.05) is 21.9 Å². The molecule has 0 unspecified atom stereocenters. The van der Waals surface area contributed by atoms with Crippen LogP contribution in [0.25, 0.3) is 11.3 Å². The predicted octanol–water partition coefficient (Wildman–Crippen LogP) is 4.06. The molecule has 26 heavy (non-hydrogen) atoms. The Morgan fingerprint density at radius 2 is 2.00 bits per heavy atom. The van der Waals surface area contributed by atoms with Crippen molar-refractivity contribution in [3.8, 4) is 17.0 Å². The molecule has 1 amide bonds. The molecule has 0 radical (unpaired) electrons. The van der Waals surface area contributed by atoms with Crippen molar-refractivity contribution in [2.45, 2.75) is 27.3 Å². The van der Waals surface area contributed by atoms with Crippen LogP contribution in [0.5, 0.6) is 5.75 Å².